The van der Waals surface area contributed by atoms with E-state index in [-0.39, 0.29) is 11.3 Å². The fraction of sp³-hybridized carbons (Fsp3) is 0.200. The van der Waals surface area contributed by atoms with Crippen molar-refractivity contribution < 1.29 is 19.2 Å². The number of nitriles is 1. The van der Waals surface area contributed by atoms with Gasteiger partial charge in [-0.2, -0.15) is 5.26 Å². The first-order valence-electron chi connectivity index (χ1n) is 10.5. The second-order valence-electron chi connectivity index (χ2n) is 7.36. The average molecular weight is 460 g/mol. The fourth-order valence-corrected chi connectivity index (χ4v) is 3.60. The van der Waals surface area contributed by atoms with Gasteiger partial charge in [-0.15, -0.1) is 0 Å². The smallest absolute Gasteiger partial charge is 0.271 e. The largest absolute Gasteiger partial charge is 0.495 e. The summed E-state index contributed by atoms with van der Waals surface area (Å²) in [5.74, 6) is 0.501. The van der Waals surface area contributed by atoms with Gasteiger partial charge in [0.05, 0.1) is 24.3 Å². The maximum atomic E-state index is 12.8. The molecule has 0 fully saturated rings. The van der Waals surface area contributed by atoms with Crippen LogP contribution in [0.3, 0.4) is 0 Å². The Kier molecular flexibility index (Phi) is 7.33. The molecule has 1 amide bonds. The van der Waals surface area contributed by atoms with E-state index >= 15 is 0 Å². The lowest BCUT2D eigenvalue weighted by atomic mass is 10.1. The Hall–Kier alpha value is -4.58. The predicted octanol–water partition coefficient (Wildman–Crippen LogP) is 4.96. The normalized spacial score (nSPS) is 11.0. The summed E-state index contributed by atoms with van der Waals surface area (Å²) in [5.41, 5.74) is 2.89. The van der Waals surface area contributed by atoms with Gasteiger partial charge in [-0.25, -0.2) is 0 Å². The third-order valence-electron chi connectivity index (χ3n) is 5.15. The third-order valence-corrected chi connectivity index (χ3v) is 5.15. The zero-order valence-corrected chi connectivity index (χ0v) is 19.3. The zero-order valence-electron chi connectivity index (χ0n) is 19.3. The molecule has 34 heavy (non-hydrogen) atoms. The number of nitrogens with zero attached hydrogens (tertiary/aromatic N) is 3. The van der Waals surface area contributed by atoms with E-state index in [0.29, 0.717) is 40.7 Å². The number of amides is 1. The summed E-state index contributed by atoms with van der Waals surface area (Å²) in [7, 11) is 1.48. The number of hydrogen-bond donors (Lipinski definition) is 1. The standard InChI is InChI=1S/C25H24N4O5/c1-5-34-22-8-6-7-20(13-22)27-25(30)19(15-26)12-18-11-16(2)28(17(18)3)23-14-21(29(31)32)9-10-24(23)33-4/h6-14H,5H2,1-4H3,(H,27,30)/b19-12-. The number of carbonyl (C=O) groups excluding carboxylic acids is 1. The molecular formula is C25H24N4O5. The molecule has 9 heteroatoms. The monoisotopic (exact) mass is 460 g/mol. The highest BCUT2D eigenvalue weighted by Gasteiger charge is 2.19. The molecule has 2 aromatic carbocycles. The van der Waals surface area contributed by atoms with Crippen LogP contribution in [0.15, 0.2) is 54.1 Å². The van der Waals surface area contributed by atoms with Gasteiger partial charge in [-0.1, -0.05) is 6.07 Å². The Balaban J connectivity index is 1.98. The van der Waals surface area contributed by atoms with Crippen molar-refractivity contribution in [2.45, 2.75) is 20.8 Å². The number of nitrogens with one attached hydrogen (secondary N) is 1. The van der Waals surface area contributed by atoms with Crippen molar-refractivity contribution in [1.29, 1.82) is 5.26 Å². The van der Waals surface area contributed by atoms with Crippen molar-refractivity contribution >= 4 is 23.4 Å². The fourth-order valence-electron chi connectivity index (χ4n) is 3.60. The predicted molar refractivity (Wildman–Crippen MR) is 128 cm³/mol. The van der Waals surface area contributed by atoms with Crippen molar-refractivity contribution in [1.82, 2.24) is 4.57 Å². The van der Waals surface area contributed by atoms with Crippen LogP contribution in [0, 0.1) is 35.3 Å². The molecule has 0 unspecified atom stereocenters. The van der Waals surface area contributed by atoms with E-state index in [1.807, 2.05) is 19.9 Å². The SMILES string of the molecule is CCOc1cccc(NC(=O)/C(C#N)=C\c2cc(C)n(-c3cc([N+](=O)[O-])ccc3OC)c2C)c1. The average Bonchev–Trinajstić information content (AvgIpc) is 3.09. The van der Waals surface area contributed by atoms with Gasteiger partial charge in [-0.3, -0.25) is 14.9 Å². The van der Waals surface area contributed by atoms with Crippen molar-refractivity contribution in [2.24, 2.45) is 0 Å². The molecule has 0 saturated heterocycles. The maximum Gasteiger partial charge on any atom is 0.271 e. The molecule has 0 bridgehead atoms. The molecule has 9 nitrogen and oxygen atoms in total. The Morgan fingerprint density at radius 2 is 2.00 bits per heavy atom. The quantitative estimate of drug-likeness (QED) is 0.220. The molecule has 3 aromatic rings. The number of anilines is 1. The number of benzene rings is 2. The summed E-state index contributed by atoms with van der Waals surface area (Å²) < 4.78 is 12.6. The highest BCUT2D eigenvalue weighted by Crippen LogP contribution is 2.32. The number of aryl methyl sites for hydroxylation is 1. The molecule has 1 aromatic heterocycles. The molecule has 1 N–H and O–H groups in total. The van der Waals surface area contributed by atoms with Crippen LogP contribution in [-0.2, 0) is 4.79 Å². The van der Waals surface area contributed by atoms with E-state index in [2.05, 4.69) is 5.32 Å². The van der Waals surface area contributed by atoms with Crippen LogP contribution in [0.2, 0.25) is 0 Å². The van der Waals surface area contributed by atoms with Crippen LogP contribution < -0.4 is 14.8 Å². The highest BCUT2D eigenvalue weighted by molar-refractivity contribution is 6.09. The summed E-state index contributed by atoms with van der Waals surface area (Å²) >= 11 is 0. The second kappa shape index (κ2) is 10.4. The molecule has 1 heterocycles. The number of hydrogen-bond acceptors (Lipinski definition) is 6. The Bertz CT molecular complexity index is 1320. The summed E-state index contributed by atoms with van der Waals surface area (Å²) in [6.45, 7) is 5.98. The topological polar surface area (TPSA) is 119 Å². The Morgan fingerprint density at radius 3 is 2.65 bits per heavy atom. The van der Waals surface area contributed by atoms with E-state index in [0.717, 1.165) is 5.69 Å². The minimum Gasteiger partial charge on any atom is -0.495 e. The van der Waals surface area contributed by atoms with Crippen LogP contribution >= 0.6 is 0 Å². The van der Waals surface area contributed by atoms with Gasteiger partial charge in [0.1, 0.15) is 23.1 Å². The van der Waals surface area contributed by atoms with E-state index in [9.17, 15) is 20.2 Å². The van der Waals surface area contributed by atoms with Crippen LogP contribution in [0.1, 0.15) is 23.9 Å². The van der Waals surface area contributed by atoms with Gasteiger partial charge in [0.15, 0.2) is 0 Å². The van der Waals surface area contributed by atoms with Gasteiger partial charge in [-0.05, 0) is 56.7 Å². The van der Waals surface area contributed by atoms with Gasteiger partial charge in [0, 0.05) is 35.3 Å². The van der Waals surface area contributed by atoms with Crippen molar-refractivity contribution in [3.05, 3.63) is 81.2 Å². The van der Waals surface area contributed by atoms with Crippen LogP contribution in [0.4, 0.5) is 11.4 Å². The van der Waals surface area contributed by atoms with E-state index in [1.54, 1.807) is 41.8 Å². The molecule has 0 aliphatic heterocycles. The lowest BCUT2D eigenvalue weighted by Crippen LogP contribution is -2.13. The zero-order chi connectivity index (χ0) is 24.8. The summed E-state index contributed by atoms with van der Waals surface area (Å²) in [6.07, 6.45) is 1.49. The Morgan fingerprint density at radius 1 is 1.24 bits per heavy atom. The van der Waals surface area contributed by atoms with E-state index in [4.69, 9.17) is 9.47 Å². The number of ether oxygens (including phenoxy) is 2. The van der Waals surface area contributed by atoms with Crippen LogP contribution in [0.5, 0.6) is 11.5 Å². The molecule has 0 saturated carbocycles. The van der Waals surface area contributed by atoms with Crippen LogP contribution in [0.25, 0.3) is 11.8 Å². The first-order chi connectivity index (χ1) is 16.3. The lowest BCUT2D eigenvalue weighted by Gasteiger charge is -2.14. The summed E-state index contributed by atoms with van der Waals surface area (Å²) in [5, 5.41) is 23.6. The Labute approximate surface area is 197 Å². The molecule has 0 spiro atoms. The number of rotatable bonds is 8. The molecular weight excluding hydrogens is 436 g/mol. The first kappa shape index (κ1) is 24.1. The summed E-state index contributed by atoms with van der Waals surface area (Å²) in [4.78, 5) is 23.6. The van der Waals surface area contributed by atoms with E-state index in [1.165, 1.54) is 31.4 Å². The van der Waals surface area contributed by atoms with E-state index < -0.39 is 10.8 Å². The number of carbonyl (C=O) groups is 1. The van der Waals surface area contributed by atoms with Gasteiger partial charge in [0.25, 0.3) is 11.6 Å². The highest BCUT2D eigenvalue weighted by atomic mass is 16.6. The van der Waals surface area contributed by atoms with Gasteiger partial charge in [0.2, 0.25) is 0 Å². The first-order valence-corrected chi connectivity index (χ1v) is 10.5. The van der Waals surface area contributed by atoms with Crippen LogP contribution in [-0.4, -0.2) is 29.1 Å². The maximum absolute atomic E-state index is 12.8. The van der Waals surface area contributed by atoms with Crippen molar-refractivity contribution in [2.75, 3.05) is 19.0 Å². The number of nitro benzene ring substituents is 1. The summed E-state index contributed by atoms with van der Waals surface area (Å²) in [6, 6.07) is 15.0. The third kappa shape index (κ3) is 5.07. The number of methoxy groups -OCH3 is 1. The second-order valence-corrected chi connectivity index (χ2v) is 7.36. The number of nitro groups is 1. The molecule has 0 aliphatic rings. The molecule has 0 radical (unpaired) electrons. The lowest BCUT2D eigenvalue weighted by molar-refractivity contribution is -0.384. The molecule has 3 rings (SSSR count). The van der Waals surface area contributed by atoms with Gasteiger partial charge >= 0.3 is 0 Å². The number of non-ortho nitro benzene ring substituents is 1. The number of aromatic nitrogens is 1. The molecule has 0 aliphatic carbocycles. The minimum absolute atomic E-state index is 0.0771. The molecule has 0 atom stereocenters. The van der Waals surface area contributed by atoms with Crippen molar-refractivity contribution in [3.8, 4) is 23.3 Å². The van der Waals surface area contributed by atoms with Gasteiger partial charge < -0.3 is 19.4 Å². The molecule has 174 valence electrons. The minimum atomic E-state index is -0.561. The van der Waals surface area contributed by atoms with Crippen molar-refractivity contribution in [3.63, 3.8) is 0 Å².